The summed E-state index contributed by atoms with van der Waals surface area (Å²) in [4.78, 5) is 39.5. The van der Waals surface area contributed by atoms with Crippen molar-refractivity contribution in [3.63, 3.8) is 0 Å². The van der Waals surface area contributed by atoms with Crippen LogP contribution >= 0.6 is 0 Å². The number of rotatable bonds is 6. The van der Waals surface area contributed by atoms with Crippen LogP contribution in [0.25, 0.3) is 0 Å². The number of ether oxygens (including phenoxy) is 1. The van der Waals surface area contributed by atoms with Crippen LogP contribution in [0.2, 0.25) is 0 Å². The maximum absolute atomic E-state index is 12.5. The molecule has 0 unspecified atom stereocenters. The number of carbonyl (C=O) groups is 1. The van der Waals surface area contributed by atoms with Gasteiger partial charge in [-0.05, 0) is 19.4 Å². The summed E-state index contributed by atoms with van der Waals surface area (Å²) in [5.41, 5.74) is 6.29. The smallest absolute Gasteiger partial charge is 0.354 e. The number of hydrogen-bond acceptors (Lipinski definition) is 6. The van der Waals surface area contributed by atoms with E-state index in [0.29, 0.717) is 0 Å². The van der Waals surface area contributed by atoms with Gasteiger partial charge in [0.05, 0.1) is 19.6 Å². The molecule has 1 aromatic heterocycles. The lowest BCUT2D eigenvalue weighted by Gasteiger charge is -2.12. The fourth-order valence-corrected chi connectivity index (χ4v) is 2.20. The molecule has 0 aliphatic carbocycles. The zero-order chi connectivity index (χ0) is 17.7. The van der Waals surface area contributed by atoms with E-state index < -0.39 is 17.3 Å². The summed E-state index contributed by atoms with van der Waals surface area (Å²) in [6.07, 6.45) is -0.0842. The molecule has 2 aromatic rings. The topological polar surface area (TPSA) is 109 Å². The molecule has 128 valence electrons. The number of esters is 1. The molecule has 0 fully saturated rings. The average molecular weight is 332 g/mol. The van der Waals surface area contributed by atoms with Crippen LogP contribution in [0.5, 0.6) is 0 Å². The Labute approximate surface area is 138 Å². The van der Waals surface area contributed by atoms with Crippen molar-refractivity contribution < 1.29 is 9.53 Å². The van der Waals surface area contributed by atoms with Crippen molar-refractivity contribution in [1.82, 2.24) is 14.1 Å². The molecular formula is C16H20N4O4. The molecule has 2 rings (SSSR count). The van der Waals surface area contributed by atoms with Gasteiger partial charge in [-0.3, -0.25) is 9.36 Å². The van der Waals surface area contributed by atoms with Gasteiger partial charge in [-0.2, -0.15) is 4.98 Å². The zero-order valence-corrected chi connectivity index (χ0v) is 13.7. The Morgan fingerprint density at radius 3 is 2.50 bits per heavy atom. The fourth-order valence-electron chi connectivity index (χ4n) is 2.20. The number of anilines is 1. The van der Waals surface area contributed by atoms with Gasteiger partial charge in [0.25, 0.3) is 0 Å². The Morgan fingerprint density at radius 1 is 1.21 bits per heavy atom. The molecule has 1 heterocycles. The molecule has 0 radical (unpaired) electrons. The predicted molar refractivity (Wildman–Crippen MR) is 88.7 cm³/mol. The number of benzene rings is 1. The summed E-state index contributed by atoms with van der Waals surface area (Å²) >= 11 is 0. The molecule has 0 saturated heterocycles. The standard InChI is InChI=1S/C16H20N4O4/c1-3-24-13(21)8-9-19-15(22)18-14(17)20(16(19)23)10-12-6-4-11(2)5-7-12/h4-7H,3,8-10H2,1-2H3,(H2,17,18,22). The van der Waals surface area contributed by atoms with Gasteiger partial charge in [-0.25, -0.2) is 14.2 Å². The summed E-state index contributed by atoms with van der Waals surface area (Å²) in [7, 11) is 0. The normalized spacial score (nSPS) is 10.6. The van der Waals surface area contributed by atoms with Crippen molar-refractivity contribution in [2.45, 2.75) is 33.4 Å². The number of nitrogens with two attached hydrogens (primary N) is 1. The highest BCUT2D eigenvalue weighted by Crippen LogP contribution is 2.05. The fraction of sp³-hybridized carbons (Fsp3) is 0.375. The Balaban J connectivity index is 2.30. The van der Waals surface area contributed by atoms with Gasteiger partial charge in [-0.1, -0.05) is 29.8 Å². The highest BCUT2D eigenvalue weighted by molar-refractivity contribution is 5.69. The number of nitrogen functional groups attached to an aromatic ring is 1. The van der Waals surface area contributed by atoms with E-state index in [1.165, 1.54) is 4.57 Å². The van der Waals surface area contributed by atoms with Gasteiger partial charge in [0, 0.05) is 6.54 Å². The van der Waals surface area contributed by atoms with Crippen LogP contribution in [0.1, 0.15) is 24.5 Å². The second-order valence-corrected chi connectivity index (χ2v) is 5.31. The Bertz CT molecular complexity index is 837. The molecule has 0 spiro atoms. The monoisotopic (exact) mass is 332 g/mol. The average Bonchev–Trinajstić information content (AvgIpc) is 2.53. The highest BCUT2D eigenvalue weighted by Gasteiger charge is 2.13. The third kappa shape index (κ3) is 4.09. The second-order valence-electron chi connectivity index (χ2n) is 5.31. The Morgan fingerprint density at radius 2 is 1.88 bits per heavy atom. The maximum Gasteiger partial charge on any atom is 0.354 e. The molecule has 1 aromatic carbocycles. The van der Waals surface area contributed by atoms with Crippen molar-refractivity contribution in [1.29, 1.82) is 0 Å². The minimum absolute atomic E-state index is 0.0842. The second kappa shape index (κ2) is 7.58. The first-order valence-corrected chi connectivity index (χ1v) is 7.60. The predicted octanol–water partition coefficient (Wildman–Crippen LogP) is 0.297. The van der Waals surface area contributed by atoms with Crippen molar-refractivity contribution in [3.8, 4) is 0 Å². The lowest BCUT2D eigenvalue weighted by Crippen LogP contribution is -2.43. The quantitative estimate of drug-likeness (QED) is 0.762. The highest BCUT2D eigenvalue weighted by atomic mass is 16.5. The summed E-state index contributed by atoms with van der Waals surface area (Å²) in [6.45, 7) is 3.98. The van der Waals surface area contributed by atoms with E-state index in [9.17, 15) is 14.4 Å². The molecule has 8 heteroatoms. The molecule has 0 bridgehead atoms. The van der Waals surface area contributed by atoms with E-state index in [-0.39, 0.29) is 32.1 Å². The van der Waals surface area contributed by atoms with E-state index in [1.807, 2.05) is 31.2 Å². The van der Waals surface area contributed by atoms with E-state index in [4.69, 9.17) is 10.5 Å². The van der Waals surface area contributed by atoms with Crippen molar-refractivity contribution >= 4 is 11.9 Å². The van der Waals surface area contributed by atoms with Crippen LogP contribution in [0.15, 0.2) is 33.9 Å². The minimum atomic E-state index is -0.776. The molecule has 0 aliphatic rings. The molecule has 24 heavy (non-hydrogen) atoms. The first-order valence-electron chi connectivity index (χ1n) is 7.60. The molecule has 0 aliphatic heterocycles. The van der Waals surface area contributed by atoms with Crippen LogP contribution in [-0.4, -0.2) is 26.7 Å². The van der Waals surface area contributed by atoms with Gasteiger partial charge in [0.1, 0.15) is 0 Å². The van der Waals surface area contributed by atoms with E-state index in [2.05, 4.69) is 4.98 Å². The number of hydrogen-bond donors (Lipinski definition) is 1. The number of nitrogens with zero attached hydrogens (tertiary/aromatic N) is 3. The number of aromatic nitrogens is 3. The van der Waals surface area contributed by atoms with Gasteiger partial charge in [0.15, 0.2) is 0 Å². The van der Waals surface area contributed by atoms with Crippen LogP contribution in [0.4, 0.5) is 5.95 Å². The number of aryl methyl sites for hydroxylation is 1. The van der Waals surface area contributed by atoms with Crippen LogP contribution < -0.4 is 17.1 Å². The van der Waals surface area contributed by atoms with Gasteiger partial charge in [0.2, 0.25) is 5.95 Å². The van der Waals surface area contributed by atoms with Crippen LogP contribution in [-0.2, 0) is 22.6 Å². The molecule has 0 saturated carbocycles. The largest absolute Gasteiger partial charge is 0.466 e. The molecule has 8 nitrogen and oxygen atoms in total. The van der Waals surface area contributed by atoms with Gasteiger partial charge < -0.3 is 10.5 Å². The van der Waals surface area contributed by atoms with Gasteiger partial charge >= 0.3 is 17.3 Å². The lowest BCUT2D eigenvalue weighted by molar-refractivity contribution is -0.143. The number of carbonyl (C=O) groups excluding carboxylic acids is 1. The van der Waals surface area contributed by atoms with E-state index >= 15 is 0 Å². The van der Waals surface area contributed by atoms with Crippen molar-refractivity contribution in [2.24, 2.45) is 0 Å². The van der Waals surface area contributed by atoms with Crippen molar-refractivity contribution in [2.75, 3.05) is 12.3 Å². The minimum Gasteiger partial charge on any atom is -0.466 e. The molecular weight excluding hydrogens is 312 g/mol. The summed E-state index contributed by atoms with van der Waals surface area (Å²) in [5, 5.41) is 0. The first kappa shape index (κ1) is 17.5. The lowest BCUT2D eigenvalue weighted by atomic mass is 10.1. The van der Waals surface area contributed by atoms with Crippen LogP contribution in [0, 0.1) is 6.92 Å². The SMILES string of the molecule is CCOC(=O)CCn1c(=O)nc(N)n(Cc2ccc(C)cc2)c1=O. The van der Waals surface area contributed by atoms with E-state index in [1.54, 1.807) is 6.92 Å². The third-order valence-corrected chi connectivity index (χ3v) is 3.49. The molecule has 0 amide bonds. The Kier molecular flexibility index (Phi) is 5.51. The van der Waals surface area contributed by atoms with Crippen LogP contribution in [0.3, 0.4) is 0 Å². The maximum atomic E-state index is 12.5. The molecule has 2 N–H and O–H groups in total. The summed E-state index contributed by atoms with van der Waals surface area (Å²) < 4.78 is 6.89. The molecule has 0 atom stereocenters. The Hall–Kier alpha value is -2.90. The van der Waals surface area contributed by atoms with Gasteiger partial charge in [-0.15, -0.1) is 0 Å². The first-order chi connectivity index (χ1) is 11.4. The van der Waals surface area contributed by atoms with E-state index in [0.717, 1.165) is 15.7 Å². The summed E-state index contributed by atoms with van der Waals surface area (Å²) in [6, 6.07) is 7.58. The summed E-state index contributed by atoms with van der Waals surface area (Å²) in [5.74, 6) is -0.635. The third-order valence-electron chi connectivity index (χ3n) is 3.49. The zero-order valence-electron chi connectivity index (χ0n) is 13.7. The van der Waals surface area contributed by atoms with Crippen molar-refractivity contribution in [3.05, 3.63) is 56.4 Å².